The van der Waals surface area contributed by atoms with Crippen molar-refractivity contribution in [1.29, 1.82) is 0 Å². The number of nitrogens with one attached hydrogen (secondary N) is 1. The van der Waals surface area contributed by atoms with Gasteiger partial charge in [0.15, 0.2) is 0 Å². The van der Waals surface area contributed by atoms with Crippen LogP contribution in [0.25, 0.3) is 0 Å². The number of anilines is 1. The molecule has 2 amide bonds. The third-order valence-electron chi connectivity index (χ3n) is 3.89. The molecule has 0 bridgehead atoms. The van der Waals surface area contributed by atoms with E-state index in [-0.39, 0.29) is 24.0 Å². The number of amides is 2. The largest absolute Gasteiger partial charge is 0.350 e. The molecular formula is C17H15BrFN3O2. The van der Waals surface area contributed by atoms with Crippen LogP contribution in [0.15, 0.2) is 47.1 Å². The summed E-state index contributed by atoms with van der Waals surface area (Å²) in [5.41, 5.74) is 0.912. The molecule has 24 heavy (non-hydrogen) atoms. The van der Waals surface area contributed by atoms with Crippen LogP contribution in [-0.4, -0.2) is 23.3 Å². The van der Waals surface area contributed by atoms with Crippen LogP contribution in [0.5, 0.6) is 0 Å². The Morgan fingerprint density at radius 1 is 1.38 bits per heavy atom. The van der Waals surface area contributed by atoms with Gasteiger partial charge in [-0.05, 0) is 36.8 Å². The molecule has 0 saturated carbocycles. The van der Waals surface area contributed by atoms with E-state index < -0.39 is 11.7 Å². The molecule has 0 radical (unpaired) electrons. The van der Waals surface area contributed by atoms with E-state index in [1.165, 1.54) is 17.0 Å². The molecule has 7 heteroatoms. The summed E-state index contributed by atoms with van der Waals surface area (Å²) in [7, 11) is 0. The van der Waals surface area contributed by atoms with Crippen molar-refractivity contribution < 1.29 is 14.0 Å². The van der Waals surface area contributed by atoms with E-state index in [0.29, 0.717) is 23.1 Å². The molecule has 124 valence electrons. The molecule has 1 N–H and O–H groups in total. The van der Waals surface area contributed by atoms with E-state index in [4.69, 9.17) is 0 Å². The fourth-order valence-electron chi connectivity index (χ4n) is 2.67. The van der Waals surface area contributed by atoms with Gasteiger partial charge >= 0.3 is 0 Å². The van der Waals surface area contributed by atoms with Crippen LogP contribution in [-0.2, 0) is 16.1 Å². The number of nitrogens with zero attached hydrogens (tertiary/aromatic N) is 2. The topological polar surface area (TPSA) is 62.3 Å². The third-order valence-corrected chi connectivity index (χ3v) is 4.39. The van der Waals surface area contributed by atoms with Crippen LogP contribution < -0.4 is 10.2 Å². The average molecular weight is 392 g/mol. The van der Waals surface area contributed by atoms with E-state index in [1.807, 2.05) is 6.07 Å². The molecule has 1 atom stereocenters. The van der Waals surface area contributed by atoms with Gasteiger partial charge in [0.1, 0.15) is 11.7 Å². The maximum Gasteiger partial charge on any atom is 0.239 e. The van der Waals surface area contributed by atoms with E-state index in [1.54, 1.807) is 24.4 Å². The first-order valence-corrected chi connectivity index (χ1v) is 8.29. The molecule has 1 fully saturated rings. The van der Waals surface area contributed by atoms with Crippen molar-refractivity contribution in [2.45, 2.75) is 13.0 Å². The number of pyridine rings is 1. The van der Waals surface area contributed by atoms with Crippen LogP contribution >= 0.6 is 15.9 Å². The zero-order valence-corrected chi connectivity index (χ0v) is 14.3. The van der Waals surface area contributed by atoms with Gasteiger partial charge in [0.05, 0.1) is 17.9 Å². The lowest BCUT2D eigenvalue weighted by Crippen LogP contribution is -2.36. The fourth-order valence-corrected chi connectivity index (χ4v) is 3.00. The third kappa shape index (κ3) is 3.46. The lowest BCUT2D eigenvalue weighted by Gasteiger charge is -2.17. The van der Waals surface area contributed by atoms with Crippen LogP contribution in [0.3, 0.4) is 0 Å². The Morgan fingerprint density at radius 2 is 2.21 bits per heavy atom. The second kappa shape index (κ2) is 7.09. The van der Waals surface area contributed by atoms with Gasteiger partial charge in [-0.25, -0.2) is 4.39 Å². The van der Waals surface area contributed by atoms with Gasteiger partial charge in [0.25, 0.3) is 0 Å². The first-order valence-electron chi connectivity index (χ1n) is 7.50. The van der Waals surface area contributed by atoms with Crippen molar-refractivity contribution in [1.82, 2.24) is 10.3 Å². The second-order valence-corrected chi connectivity index (χ2v) is 6.38. The molecule has 1 aliphatic rings. The summed E-state index contributed by atoms with van der Waals surface area (Å²) in [6.45, 7) is 0.579. The first kappa shape index (κ1) is 16.6. The minimum Gasteiger partial charge on any atom is -0.350 e. The average Bonchev–Trinajstić information content (AvgIpc) is 2.95. The number of hydrogen-bond acceptors (Lipinski definition) is 3. The summed E-state index contributed by atoms with van der Waals surface area (Å²) in [5.74, 6) is -2.02. The lowest BCUT2D eigenvalue weighted by molar-refractivity contribution is -0.132. The Bertz CT molecular complexity index is 770. The maximum absolute atomic E-state index is 14.0. The Balaban J connectivity index is 1.66. The molecule has 0 aliphatic carbocycles. The predicted octanol–water partition coefficient (Wildman–Crippen LogP) is 2.65. The Labute approximate surface area is 147 Å². The summed E-state index contributed by atoms with van der Waals surface area (Å²) in [6, 6.07) is 9.91. The molecule has 2 heterocycles. The summed E-state index contributed by atoms with van der Waals surface area (Å²) in [6.07, 6.45) is 2.00. The quantitative estimate of drug-likeness (QED) is 0.814. The van der Waals surface area contributed by atoms with Crippen LogP contribution in [0.4, 0.5) is 10.1 Å². The monoisotopic (exact) mass is 391 g/mol. The number of benzene rings is 1. The van der Waals surface area contributed by atoms with E-state index in [0.717, 1.165) is 0 Å². The summed E-state index contributed by atoms with van der Waals surface area (Å²) in [5, 5.41) is 2.72. The molecule has 1 aromatic carbocycles. The fraction of sp³-hybridized carbons (Fsp3) is 0.235. The number of aromatic nitrogens is 1. The number of rotatable bonds is 4. The van der Waals surface area contributed by atoms with Crippen LogP contribution in [0.1, 0.15) is 12.1 Å². The van der Waals surface area contributed by atoms with Gasteiger partial charge in [-0.3, -0.25) is 14.6 Å². The standard InChI is InChI=1S/C17H15BrFN3O2/c18-11-4-5-15(14(19)9-11)22-8-6-13(17(22)24)16(23)21-10-12-3-1-2-7-20-12/h1-5,7,9,13H,6,8,10H2,(H,21,23)/t13-/m0/s1. The summed E-state index contributed by atoms with van der Waals surface area (Å²) in [4.78, 5) is 30.2. The van der Waals surface area contributed by atoms with Gasteiger partial charge in [0, 0.05) is 17.2 Å². The van der Waals surface area contributed by atoms with Gasteiger partial charge < -0.3 is 10.2 Å². The molecular weight excluding hydrogens is 377 g/mol. The highest BCUT2D eigenvalue weighted by Gasteiger charge is 2.38. The zero-order valence-electron chi connectivity index (χ0n) is 12.7. The van der Waals surface area contributed by atoms with Crippen molar-refractivity contribution in [3.8, 4) is 0 Å². The molecule has 1 aromatic heterocycles. The van der Waals surface area contributed by atoms with Crippen molar-refractivity contribution in [2.75, 3.05) is 11.4 Å². The molecule has 5 nitrogen and oxygen atoms in total. The van der Waals surface area contributed by atoms with Gasteiger partial charge in [-0.2, -0.15) is 0 Å². The Morgan fingerprint density at radius 3 is 2.92 bits per heavy atom. The highest BCUT2D eigenvalue weighted by Crippen LogP contribution is 2.29. The van der Waals surface area contributed by atoms with E-state index in [2.05, 4.69) is 26.2 Å². The Hall–Kier alpha value is -2.28. The van der Waals surface area contributed by atoms with Crippen LogP contribution in [0.2, 0.25) is 0 Å². The summed E-state index contributed by atoms with van der Waals surface area (Å²) >= 11 is 3.18. The predicted molar refractivity (Wildman–Crippen MR) is 90.6 cm³/mol. The molecule has 1 aliphatic heterocycles. The first-order chi connectivity index (χ1) is 11.6. The molecule has 1 saturated heterocycles. The summed E-state index contributed by atoms with van der Waals surface area (Å²) < 4.78 is 14.6. The van der Waals surface area contributed by atoms with Crippen LogP contribution in [0, 0.1) is 11.7 Å². The second-order valence-electron chi connectivity index (χ2n) is 5.47. The van der Waals surface area contributed by atoms with E-state index >= 15 is 0 Å². The van der Waals surface area contributed by atoms with Gasteiger partial charge in [0.2, 0.25) is 11.8 Å². The molecule has 3 rings (SSSR count). The van der Waals surface area contributed by atoms with E-state index in [9.17, 15) is 14.0 Å². The molecule has 2 aromatic rings. The number of carbonyl (C=O) groups is 2. The molecule has 0 spiro atoms. The number of halogens is 2. The highest BCUT2D eigenvalue weighted by molar-refractivity contribution is 9.10. The minimum atomic E-state index is -0.795. The highest BCUT2D eigenvalue weighted by atomic mass is 79.9. The van der Waals surface area contributed by atoms with Crippen molar-refractivity contribution in [3.63, 3.8) is 0 Å². The molecule has 0 unspecified atom stereocenters. The smallest absolute Gasteiger partial charge is 0.239 e. The normalized spacial score (nSPS) is 17.2. The minimum absolute atomic E-state index is 0.197. The van der Waals surface area contributed by atoms with Gasteiger partial charge in [-0.1, -0.05) is 22.0 Å². The Kier molecular flexibility index (Phi) is 4.89. The number of carbonyl (C=O) groups excluding carboxylic acids is 2. The SMILES string of the molecule is O=C(NCc1ccccn1)[C@@H]1CCN(c2ccc(Br)cc2F)C1=O. The lowest BCUT2D eigenvalue weighted by atomic mass is 10.1. The van der Waals surface area contributed by atoms with Crippen molar-refractivity contribution >= 4 is 33.4 Å². The zero-order chi connectivity index (χ0) is 17.1. The number of hydrogen-bond donors (Lipinski definition) is 1. The maximum atomic E-state index is 14.0. The van der Waals surface area contributed by atoms with Gasteiger partial charge in [-0.15, -0.1) is 0 Å². The van der Waals surface area contributed by atoms with Crippen molar-refractivity contribution in [2.24, 2.45) is 5.92 Å². The van der Waals surface area contributed by atoms with Crippen molar-refractivity contribution in [3.05, 3.63) is 58.6 Å².